The topological polar surface area (TPSA) is 112 Å². The van der Waals surface area contributed by atoms with Crippen LogP contribution in [-0.2, 0) is 14.4 Å². The average molecular weight is 597 g/mol. The highest BCUT2D eigenvalue weighted by atomic mass is 16.4. The lowest BCUT2D eigenvalue weighted by Crippen LogP contribution is -2.45. The monoisotopic (exact) mass is 596 g/mol. The minimum absolute atomic E-state index is 0.0605. The zero-order chi connectivity index (χ0) is 31.2. The Morgan fingerprint density at radius 1 is 0.452 bits per heavy atom. The standard InChI is InChI=1S/C35H65NO6/c1-2-3-4-5-6-7-8-9-10-11-12-13-14-15-16-17-18-19-20-21-22-29-36(30-23-26-33(37)38,31-24-27-34(39)40)32-25-28-35(41)42/h22,29H,2-21,23-28,30-32H2,1H3,(H2-,37,38,39,40,41,42)/p+1/b29-22+. The molecule has 0 heterocycles. The molecule has 0 aliphatic carbocycles. The van der Waals surface area contributed by atoms with Crippen molar-refractivity contribution in [1.29, 1.82) is 0 Å². The van der Waals surface area contributed by atoms with Gasteiger partial charge in [-0.05, 0) is 18.9 Å². The molecule has 0 atom stereocenters. The van der Waals surface area contributed by atoms with Crippen LogP contribution < -0.4 is 0 Å². The Labute approximate surface area is 257 Å². The van der Waals surface area contributed by atoms with E-state index in [1.165, 1.54) is 116 Å². The summed E-state index contributed by atoms with van der Waals surface area (Å²) < 4.78 is 0.465. The number of hydrogen-bond donors (Lipinski definition) is 3. The van der Waals surface area contributed by atoms with E-state index in [-0.39, 0.29) is 19.3 Å². The van der Waals surface area contributed by atoms with E-state index < -0.39 is 17.9 Å². The quantitative estimate of drug-likeness (QED) is 0.0513. The molecule has 246 valence electrons. The van der Waals surface area contributed by atoms with Gasteiger partial charge in [-0.25, -0.2) is 0 Å². The van der Waals surface area contributed by atoms with Crippen LogP contribution in [0.4, 0.5) is 0 Å². The molecule has 0 saturated heterocycles. The third-order valence-corrected chi connectivity index (χ3v) is 8.38. The number of unbranched alkanes of at least 4 members (excludes halogenated alkanes) is 19. The lowest BCUT2D eigenvalue weighted by atomic mass is 10.0. The maximum atomic E-state index is 11.1. The highest BCUT2D eigenvalue weighted by Crippen LogP contribution is 2.18. The van der Waals surface area contributed by atoms with E-state index in [2.05, 4.69) is 19.2 Å². The summed E-state index contributed by atoms with van der Waals surface area (Å²) in [6.07, 6.45) is 32.6. The molecule has 7 heteroatoms. The Morgan fingerprint density at radius 3 is 1.02 bits per heavy atom. The van der Waals surface area contributed by atoms with Gasteiger partial charge >= 0.3 is 17.9 Å². The van der Waals surface area contributed by atoms with E-state index in [1.54, 1.807) is 0 Å². The molecule has 0 aromatic carbocycles. The van der Waals surface area contributed by atoms with Gasteiger partial charge in [0.2, 0.25) is 0 Å². The molecule has 0 amide bonds. The zero-order valence-corrected chi connectivity index (χ0v) is 27.2. The summed E-state index contributed by atoms with van der Waals surface area (Å²) in [6, 6.07) is 0. The first-order valence-corrected chi connectivity index (χ1v) is 17.5. The first-order chi connectivity index (χ1) is 20.3. The molecule has 7 nitrogen and oxygen atoms in total. The molecule has 0 aliphatic rings. The van der Waals surface area contributed by atoms with Crippen molar-refractivity contribution in [3.8, 4) is 0 Å². The van der Waals surface area contributed by atoms with Crippen molar-refractivity contribution in [1.82, 2.24) is 0 Å². The normalized spacial score (nSPS) is 11.8. The van der Waals surface area contributed by atoms with Crippen molar-refractivity contribution >= 4 is 17.9 Å². The number of rotatable bonds is 33. The second-order valence-electron chi connectivity index (χ2n) is 12.4. The molecule has 42 heavy (non-hydrogen) atoms. The van der Waals surface area contributed by atoms with Gasteiger partial charge in [0.25, 0.3) is 0 Å². The fraction of sp³-hybridized carbons (Fsp3) is 0.857. The van der Waals surface area contributed by atoms with Crippen molar-refractivity contribution < 1.29 is 34.2 Å². The van der Waals surface area contributed by atoms with Crippen LogP contribution in [0.3, 0.4) is 0 Å². The van der Waals surface area contributed by atoms with E-state index in [1.807, 2.05) is 0 Å². The number of quaternary nitrogens is 1. The van der Waals surface area contributed by atoms with Crippen LogP contribution in [0.1, 0.15) is 174 Å². The fourth-order valence-corrected chi connectivity index (χ4v) is 5.83. The summed E-state index contributed by atoms with van der Waals surface area (Å²) in [5.74, 6) is -2.54. The van der Waals surface area contributed by atoms with Crippen LogP contribution in [0.25, 0.3) is 0 Å². The number of hydrogen-bond acceptors (Lipinski definition) is 3. The minimum atomic E-state index is -0.845. The van der Waals surface area contributed by atoms with Gasteiger partial charge in [0.15, 0.2) is 0 Å². The third kappa shape index (κ3) is 28.2. The molecule has 0 fully saturated rings. The third-order valence-electron chi connectivity index (χ3n) is 8.38. The highest BCUT2D eigenvalue weighted by Gasteiger charge is 2.25. The van der Waals surface area contributed by atoms with Gasteiger partial charge in [0.05, 0.1) is 45.1 Å². The molecule has 0 rings (SSSR count). The first-order valence-electron chi connectivity index (χ1n) is 17.5. The van der Waals surface area contributed by atoms with Crippen LogP contribution in [0, 0.1) is 0 Å². The average Bonchev–Trinajstić information content (AvgIpc) is 2.93. The molecule has 0 aromatic heterocycles. The Bertz CT molecular complexity index is 643. The van der Waals surface area contributed by atoms with E-state index in [0.29, 0.717) is 43.4 Å². The number of carboxylic acid groups (broad SMARTS) is 3. The molecule has 0 radical (unpaired) electrons. The summed E-state index contributed by atoms with van der Waals surface area (Å²) in [5, 5.41) is 27.3. The molecule has 3 N–H and O–H groups in total. The van der Waals surface area contributed by atoms with Crippen molar-refractivity contribution in [2.45, 2.75) is 174 Å². The SMILES string of the molecule is CCCCCCCCCCCCCCCCCCCCC/C=C/[N+](CCCC(=O)O)(CCCC(=O)O)CCCC(=O)O. The maximum absolute atomic E-state index is 11.1. The molecule has 0 aromatic rings. The predicted molar refractivity (Wildman–Crippen MR) is 173 cm³/mol. The summed E-state index contributed by atoms with van der Waals surface area (Å²) in [4.78, 5) is 33.2. The summed E-state index contributed by atoms with van der Waals surface area (Å²) in [7, 11) is 0. The van der Waals surface area contributed by atoms with Crippen molar-refractivity contribution in [3.05, 3.63) is 12.3 Å². The van der Waals surface area contributed by atoms with E-state index in [4.69, 9.17) is 15.3 Å². The maximum Gasteiger partial charge on any atom is 0.303 e. The van der Waals surface area contributed by atoms with Gasteiger partial charge < -0.3 is 15.3 Å². The zero-order valence-electron chi connectivity index (χ0n) is 27.2. The Morgan fingerprint density at radius 2 is 0.738 bits per heavy atom. The molecule has 0 saturated carbocycles. The molecule has 0 spiro atoms. The Balaban J connectivity index is 4.09. The van der Waals surface area contributed by atoms with Crippen molar-refractivity contribution in [3.63, 3.8) is 0 Å². The van der Waals surface area contributed by atoms with Crippen molar-refractivity contribution in [2.75, 3.05) is 19.6 Å². The van der Waals surface area contributed by atoms with Crippen molar-refractivity contribution in [2.24, 2.45) is 0 Å². The van der Waals surface area contributed by atoms with Gasteiger partial charge in [-0.3, -0.25) is 18.9 Å². The summed E-state index contributed by atoms with van der Waals surface area (Å²) >= 11 is 0. The number of carbonyl (C=O) groups is 3. The first kappa shape index (κ1) is 40.1. The van der Waals surface area contributed by atoms with Gasteiger partial charge in [0, 0.05) is 19.3 Å². The molecule has 0 bridgehead atoms. The second-order valence-corrected chi connectivity index (χ2v) is 12.4. The Kier molecular flexibility index (Phi) is 27.9. The Hall–Kier alpha value is -1.89. The molecular weight excluding hydrogens is 530 g/mol. The van der Waals surface area contributed by atoms with E-state index in [0.717, 1.165) is 12.8 Å². The number of nitrogens with zero attached hydrogens (tertiary/aromatic N) is 1. The van der Waals surface area contributed by atoms with Gasteiger partial charge in [-0.15, -0.1) is 0 Å². The van der Waals surface area contributed by atoms with Crippen LogP contribution in [0.2, 0.25) is 0 Å². The number of carboxylic acids is 3. The van der Waals surface area contributed by atoms with Crippen LogP contribution in [-0.4, -0.2) is 57.3 Å². The van der Waals surface area contributed by atoms with Crippen LogP contribution >= 0.6 is 0 Å². The van der Waals surface area contributed by atoms with Crippen LogP contribution in [0.5, 0.6) is 0 Å². The summed E-state index contributed by atoms with van der Waals surface area (Å²) in [6.45, 7) is 4.03. The lowest BCUT2D eigenvalue weighted by Gasteiger charge is -2.35. The van der Waals surface area contributed by atoms with Gasteiger partial charge in [-0.2, -0.15) is 0 Å². The lowest BCUT2D eigenvalue weighted by molar-refractivity contribution is -0.880. The summed E-state index contributed by atoms with van der Waals surface area (Å²) in [5.41, 5.74) is 0. The molecule has 0 aliphatic heterocycles. The molecular formula is C35H66NO6+. The van der Waals surface area contributed by atoms with Gasteiger partial charge in [-0.1, -0.05) is 122 Å². The number of aliphatic carboxylic acids is 3. The molecule has 0 unspecified atom stereocenters. The largest absolute Gasteiger partial charge is 0.481 e. The minimum Gasteiger partial charge on any atom is -0.481 e. The predicted octanol–water partition coefficient (Wildman–Crippen LogP) is 9.73. The van der Waals surface area contributed by atoms with E-state index >= 15 is 0 Å². The highest BCUT2D eigenvalue weighted by molar-refractivity contribution is 5.67. The number of allylic oxidation sites excluding steroid dienone is 1. The fourth-order valence-electron chi connectivity index (χ4n) is 5.83. The smallest absolute Gasteiger partial charge is 0.303 e. The van der Waals surface area contributed by atoms with Gasteiger partial charge in [0.1, 0.15) is 0 Å². The van der Waals surface area contributed by atoms with Crippen LogP contribution in [0.15, 0.2) is 12.3 Å². The second kappa shape index (κ2) is 29.2. The van der Waals surface area contributed by atoms with E-state index in [9.17, 15) is 14.4 Å².